The summed E-state index contributed by atoms with van der Waals surface area (Å²) in [5, 5.41) is 28.9. The first-order valence-corrected chi connectivity index (χ1v) is 14.3. The highest BCUT2D eigenvalue weighted by Crippen LogP contribution is 2.40. The van der Waals surface area contributed by atoms with Crippen molar-refractivity contribution in [1.82, 2.24) is 15.0 Å². The van der Waals surface area contributed by atoms with Crippen LogP contribution in [0.1, 0.15) is 42.1 Å². The number of aryl methyl sites for hydroxylation is 1. The highest BCUT2D eigenvalue weighted by Gasteiger charge is 2.23. The Labute approximate surface area is 255 Å². The summed E-state index contributed by atoms with van der Waals surface area (Å²) in [6, 6.07) is 16.4. The molecule has 1 aromatic heterocycles. The summed E-state index contributed by atoms with van der Waals surface area (Å²) < 4.78 is 30.1. The zero-order valence-corrected chi connectivity index (χ0v) is 24.9. The van der Waals surface area contributed by atoms with E-state index in [0.29, 0.717) is 57.8 Å². The van der Waals surface area contributed by atoms with Crippen molar-refractivity contribution in [2.45, 2.75) is 45.9 Å². The minimum Gasteiger partial charge on any atom is -0.497 e. The number of aromatic nitrogens is 3. The molecule has 0 aliphatic carbocycles. The maximum atomic E-state index is 12.6. The molecule has 230 valence electrons. The van der Waals surface area contributed by atoms with Crippen molar-refractivity contribution in [1.29, 1.82) is 0 Å². The van der Waals surface area contributed by atoms with Crippen LogP contribution in [0, 0.1) is 0 Å². The average molecular weight is 602 g/mol. The summed E-state index contributed by atoms with van der Waals surface area (Å²) in [6.07, 6.45) is 3.35. The van der Waals surface area contributed by atoms with Crippen LogP contribution in [0.2, 0.25) is 0 Å². The van der Waals surface area contributed by atoms with Gasteiger partial charge in [0.25, 0.3) is 0 Å². The van der Waals surface area contributed by atoms with Gasteiger partial charge in [0.15, 0.2) is 11.5 Å². The summed E-state index contributed by atoms with van der Waals surface area (Å²) in [6.45, 7) is 2.83. The van der Waals surface area contributed by atoms with Crippen LogP contribution >= 0.6 is 0 Å². The van der Waals surface area contributed by atoms with Crippen LogP contribution in [-0.2, 0) is 31.0 Å². The van der Waals surface area contributed by atoms with Crippen LogP contribution in [-0.4, -0.2) is 52.2 Å². The van der Waals surface area contributed by atoms with Crippen molar-refractivity contribution in [2.24, 2.45) is 0 Å². The smallest absolute Gasteiger partial charge is 0.331 e. The van der Waals surface area contributed by atoms with E-state index in [2.05, 4.69) is 17.2 Å². The fraction of sp³-hybridized carbons (Fsp3) is 0.303. The first kappa shape index (κ1) is 30.4. The van der Waals surface area contributed by atoms with Gasteiger partial charge in [-0.3, -0.25) is 0 Å². The van der Waals surface area contributed by atoms with E-state index >= 15 is 0 Å². The van der Waals surface area contributed by atoms with Gasteiger partial charge >= 0.3 is 5.97 Å². The number of benzene rings is 3. The molecule has 0 fully saturated rings. The van der Waals surface area contributed by atoms with Crippen molar-refractivity contribution >= 4 is 12.0 Å². The Morgan fingerprint density at radius 2 is 1.77 bits per heavy atom. The molecule has 44 heavy (non-hydrogen) atoms. The summed E-state index contributed by atoms with van der Waals surface area (Å²) >= 11 is 0. The number of rotatable bonds is 14. The predicted molar refractivity (Wildman–Crippen MR) is 162 cm³/mol. The standard InChI is InChI=1S/C33H35N3O8/c1-4-5-12-36-32(26-11-10-25(40-2)16-29(26)42-19-22-9-7-6-8-21(22)18-37)27(34-35-36)14-24(33(38)39)13-23-15-30-31(44-20-43-30)17-28(23)41-3/h6-11,14-17,37H,4-5,12-13,18-20H2,1-3H3,(H,38,39). The van der Waals surface area contributed by atoms with Crippen molar-refractivity contribution in [3.8, 4) is 40.0 Å². The van der Waals surface area contributed by atoms with E-state index in [1.54, 1.807) is 30.0 Å². The van der Waals surface area contributed by atoms with Gasteiger partial charge in [-0.2, -0.15) is 0 Å². The van der Waals surface area contributed by atoms with Crippen molar-refractivity contribution in [2.75, 3.05) is 21.0 Å². The fourth-order valence-corrected chi connectivity index (χ4v) is 4.97. The Bertz CT molecular complexity index is 1660. The van der Waals surface area contributed by atoms with Crippen LogP contribution in [0.25, 0.3) is 17.3 Å². The Morgan fingerprint density at radius 3 is 2.48 bits per heavy atom. The topological polar surface area (TPSA) is 134 Å². The van der Waals surface area contributed by atoms with Gasteiger partial charge in [0.1, 0.15) is 29.5 Å². The molecule has 0 bridgehead atoms. The Kier molecular flexibility index (Phi) is 9.65. The third-order valence-corrected chi connectivity index (χ3v) is 7.34. The molecule has 3 aromatic carbocycles. The number of carbonyl (C=O) groups is 1. The van der Waals surface area contributed by atoms with Gasteiger partial charge < -0.3 is 33.9 Å². The van der Waals surface area contributed by atoms with Crippen LogP contribution in [0.3, 0.4) is 0 Å². The summed E-state index contributed by atoms with van der Waals surface area (Å²) in [5.41, 5.74) is 3.98. The molecule has 1 aliphatic rings. The SMILES string of the molecule is CCCCn1nnc(C=C(Cc2cc3c(cc2OC)OCO3)C(=O)O)c1-c1ccc(OC)cc1OCc1ccccc1CO. The maximum absolute atomic E-state index is 12.6. The number of hydrogen-bond acceptors (Lipinski definition) is 9. The lowest BCUT2D eigenvalue weighted by atomic mass is 10.0. The predicted octanol–water partition coefficient (Wildman–Crippen LogP) is 5.27. The van der Waals surface area contributed by atoms with Gasteiger partial charge in [-0.15, -0.1) is 5.10 Å². The first-order valence-electron chi connectivity index (χ1n) is 14.3. The number of hydrogen-bond donors (Lipinski definition) is 2. The van der Waals surface area contributed by atoms with Crippen LogP contribution in [0.4, 0.5) is 0 Å². The number of aliphatic hydroxyl groups excluding tert-OH is 1. The van der Waals surface area contributed by atoms with Gasteiger partial charge in [-0.25, -0.2) is 9.48 Å². The maximum Gasteiger partial charge on any atom is 0.331 e. The molecule has 4 aromatic rings. The molecule has 0 radical (unpaired) electrons. The van der Waals surface area contributed by atoms with Gasteiger partial charge in [-0.1, -0.05) is 42.8 Å². The first-order chi connectivity index (χ1) is 21.4. The minimum atomic E-state index is -1.11. The van der Waals surface area contributed by atoms with Gasteiger partial charge in [0.05, 0.1) is 26.5 Å². The number of carboxylic acids is 1. The van der Waals surface area contributed by atoms with Gasteiger partial charge in [0, 0.05) is 41.8 Å². The normalized spacial score (nSPS) is 12.3. The quantitative estimate of drug-likeness (QED) is 0.184. The monoisotopic (exact) mass is 601 g/mol. The third-order valence-electron chi connectivity index (χ3n) is 7.34. The molecule has 0 atom stereocenters. The number of unbranched alkanes of at least 4 members (excludes halogenated alkanes) is 1. The second kappa shape index (κ2) is 14.0. The Hall–Kier alpha value is -5.03. The molecule has 11 nitrogen and oxygen atoms in total. The highest BCUT2D eigenvalue weighted by atomic mass is 16.7. The lowest BCUT2D eigenvalue weighted by Crippen LogP contribution is -2.07. The van der Waals surface area contributed by atoms with Gasteiger partial charge in [0.2, 0.25) is 6.79 Å². The third kappa shape index (κ3) is 6.63. The molecule has 0 unspecified atom stereocenters. The summed E-state index contributed by atoms with van der Waals surface area (Å²) in [7, 11) is 3.09. The Morgan fingerprint density at radius 1 is 1.00 bits per heavy atom. The molecule has 0 saturated carbocycles. The van der Waals surface area contributed by atoms with Crippen molar-refractivity contribution in [3.63, 3.8) is 0 Å². The lowest BCUT2D eigenvalue weighted by molar-refractivity contribution is -0.132. The number of fused-ring (bicyclic) bond motifs is 1. The molecule has 0 spiro atoms. The molecule has 0 amide bonds. The molecule has 5 rings (SSSR count). The van der Waals surface area contributed by atoms with E-state index in [1.807, 2.05) is 36.4 Å². The van der Waals surface area contributed by atoms with E-state index in [1.165, 1.54) is 13.2 Å². The average Bonchev–Trinajstić information content (AvgIpc) is 3.68. The number of carboxylic acid groups (broad SMARTS) is 1. The molecule has 2 heterocycles. The largest absolute Gasteiger partial charge is 0.497 e. The van der Waals surface area contributed by atoms with E-state index in [4.69, 9.17) is 23.7 Å². The summed E-state index contributed by atoms with van der Waals surface area (Å²) in [4.78, 5) is 12.6. The van der Waals surface area contributed by atoms with Crippen LogP contribution in [0.5, 0.6) is 28.7 Å². The van der Waals surface area contributed by atoms with Crippen molar-refractivity contribution < 1.29 is 38.7 Å². The number of aliphatic hydroxyl groups is 1. The Balaban J connectivity index is 1.57. The molecule has 11 heteroatoms. The second-order valence-electron chi connectivity index (χ2n) is 10.1. The van der Waals surface area contributed by atoms with E-state index in [9.17, 15) is 15.0 Å². The molecule has 2 N–H and O–H groups in total. The molecular weight excluding hydrogens is 566 g/mol. The minimum absolute atomic E-state index is 0.0420. The van der Waals surface area contributed by atoms with E-state index in [0.717, 1.165) is 24.0 Å². The lowest BCUT2D eigenvalue weighted by Gasteiger charge is -2.16. The van der Waals surface area contributed by atoms with Crippen LogP contribution < -0.4 is 23.7 Å². The fourth-order valence-electron chi connectivity index (χ4n) is 4.97. The summed E-state index contributed by atoms with van der Waals surface area (Å²) in [5.74, 6) is 1.54. The van der Waals surface area contributed by atoms with E-state index in [-0.39, 0.29) is 32.0 Å². The zero-order valence-electron chi connectivity index (χ0n) is 24.9. The van der Waals surface area contributed by atoms with E-state index < -0.39 is 5.97 Å². The van der Waals surface area contributed by atoms with Crippen molar-refractivity contribution in [3.05, 3.63) is 82.6 Å². The molecule has 1 aliphatic heterocycles. The number of nitrogens with zero attached hydrogens (tertiary/aromatic N) is 3. The number of ether oxygens (including phenoxy) is 5. The number of aliphatic carboxylic acids is 1. The molecule has 0 saturated heterocycles. The second-order valence-corrected chi connectivity index (χ2v) is 10.1. The zero-order chi connectivity index (χ0) is 31.1. The number of methoxy groups -OCH3 is 2. The highest BCUT2D eigenvalue weighted by molar-refractivity contribution is 5.94. The van der Waals surface area contributed by atoms with Crippen LogP contribution in [0.15, 0.2) is 60.2 Å². The molecular formula is C33H35N3O8. The van der Waals surface area contributed by atoms with Gasteiger partial charge in [-0.05, 0) is 41.8 Å².